The zero-order chi connectivity index (χ0) is 19.1. The van der Waals surface area contributed by atoms with Crippen molar-refractivity contribution in [2.75, 3.05) is 13.6 Å². The molecule has 0 aliphatic rings. The topological polar surface area (TPSA) is 89.1 Å². The van der Waals surface area contributed by atoms with Crippen LogP contribution < -0.4 is 5.32 Å². The second-order valence-electron chi connectivity index (χ2n) is 6.20. The van der Waals surface area contributed by atoms with Gasteiger partial charge in [0.1, 0.15) is 12.4 Å². The minimum absolute atomic E-state index is 0.171. The number of nitrogens with zero attached hydrogens (tertiary/aromatic N) is 5. The van der Waals surface area contributed by atoms with Crippen LogP contribution in [0.4, 0.5) is 4.79 Å². The summed E-state index contributed by atoms with van der Waals surface area (Å²) in [6.45, 7) is 3.75. The molecular formula is C19H24N6O2. The van der Waals surface area contributed by atoms with Crippen LogP contribution in [0.1, 0.15) is 25.1 Å². The second kappa shape index (κ2) is 8.98. The fourth-order valence-corrected chi connectivity index (χ4v) is 2.73. The van der Waals surface area contributed by atoms with E-state index in [2.05, 4.69) is 32.0 Å². The first kappa shape index (κ1) is 18.6. The largest absolute Gasteiger partial charge is 0.419 e. The summed E-state index contributed by atoms with van der Waals surface area (Å²) in [7, 11) is 1.70. The summed E-state index contributed by atoms with van der Waals surface area (Å²) in [5, 5.41) is 11.0. The summed E-state index contributed by atoms with van der Waals surface area (Å²) >= 11 is 0. The number of aryl methyl sites for hydroxylation is 2. The van der Waals surface area contributed by atoms with Gasteiger partial charge in [0.05, 0.1) is 0 Å². The molecule has 8 heteroatoms. The number of urea groups is 1. The number of benzene rings is 1. The monoisotopic (exact) mass is 368 g/mol. The average molecular weight is 368 g/mol. The third-order valence-corrected chi connectivity index (χ3v) is 4.18. The van der Waals surface area contributed by atoms with Crippen molar-refractivity contribution >= 4 is 6.03 Å². The first-order valence-corrected chi connectivity index (χ1v) is 9.04. The van der Waals surface area contributed by atoms with Crippen LogP contribution in [0.5, 0.6) is 0 Å². The van der Waals surface area contributed by atoms with Crippen LogP contribution in [0.2, 0.25) is 0 Å². The summed E-state index contributed by atoms with van der Waals surface area (Å²) in [5.41, 5.74) is 0.856. The molecule has 0 radical (unpaired) electrons. The normalized spacial score (nSPS) is 10.7. The highest BCUT2D eigenvalue weighted by molar-refractivity contribution is 5.73. The predicted molar refractivity (Wildman–Crippen MR) is 101 cm³/mol. The van der Waals surface area contributed by atoms with Crippen molar-refractivity contribution in [1.82, 2.24) is 30.0 Å². The summed E-state index contributed by atoms with van der Waals surface area (Å²) in [4.78, 5) is 18.0. The van der Waals surface area contributed by atoms with Crippen LogP contribution in [0.3, 0.4) is 0 Å². The van der Waals surface area contributed by atoms with Gasteiger partial charge in [0.15, 0.2) is 0 Å². The highest BCUT2D eigenvalue weighted by atomic mass is 16.4. The maximum absolute atomic E-state index is 12.2. The van der Waals surface area contributed by atoms with E-state index in [1.807, 2.05) is 36.5 Å². The molecule has 27 heavy (non-hydrogen) atoms. The Kier molecular flexibility index (Phi) is 6.19. The summed E-state index contributed by atoms with van der Waals surface area (Å²) in [6, 6.07) is 9.37. The molecule has 0 aliphatic heterocycles. The van der Waals surface area contributed by atoms with Crippen molar-refractivity contribution in [3.63, 3.8) is 0 Å². The fourth-order valence-electron chi connectivity index (χ4n) is 2.73. The van der Waals surface area contributed by atoms with E-state index in [4.69, 9.17) is 4.42 Å². The lowest BCUT2D eigenvalue weighted by molar-refractivity contribution is 0.202. The van der Waals surface area contributed by atoms with Gasteiger partial charge in [0.25, 0.3) is 0 Å². The molecule has 0 atom stereocenters. The van der Waals surface area contributed by atoms with Crippen molar-refractivity contribution in [2.24, 2.45) is 0 Å². The van der Waals surface area contributed by atoms with Crippen molar-refractivity contribution in [3.8, 4) is 11.5 Å². The van der Waals surface area contributed by atoms with Crippen molar-refractivity contribution in [1.29, 1.82) is 0 Å². The minimum atomic E-state index is -0.171. The SMILES string of the molecule is CCc1nccn1CCCNC(=O)N(C)Cc1nnc(-c2ccccc2)o1. The summed E-state index contributed by atoms with van der Waals surface area (Å²) in [5.74, 6) is 1.91. The Hall–Kier alpha value is -3.16. The molecule has 0 aliphatic carbocycles. The highest BCUT2D eigenvalue weighted by Crippen LogP contribution is 2.17. The van der Waals surface area contributed by atoms with E-state index in [0.717, 1.165) is 30.8 Å². The smallest absolute Gasteiger partial charge is 0.317 e. The third-order valence-electron chi connectivity index (χ3n) is 4.18. The Balaban J connectivity index is 1.43. The van der Waals surface area contributed by atoms with Gasteiger partial charge in [-0.05, 0) is 18.6 Å². The zero-order valence-electron chi connectivity index (χ0n) is 15.6. The number of imidazole rings is 1. The van der Waals surface area contributed by atoms with Gasteiger partial charge in [-0.25, -0.2) is 9.78 Å². The molecule has 2 aromatic heterocycles. The number of hydrogen-bond acceptors (Lipinski definition) is 5. The quantitative estimate of drug-likeness (QED) is 0.618. The Morgan fingerprint density at radius 3 is 2.85 bits per heavy atom. The molecule has 2 heterocycles. The lowest BCUT2D eigenvalue weighted by Gasteiger charge is -2.16. The molecule has 0 saturated heterocycles. The van der Waals surface area contributed by atoms with Gasteiger partial charge in [-0.3, -0.25) is 0 Å². The van der Waals surface area contributed by atoms with E-state index < -0.39 is 0 Å². The molecule has 3 aromatic rings. The number of rotatable bonds is 8. The van der Waals surface area contributed by atoms with Crippen LogP contribution in [0, 0.1) is 0 Å². The average Bonchev–Trinajstić information content (AvgIpc) is 3.34. The van der Waals surface area contributed by atoms with Crippen LogP contribution in [-0.4, -0.2) is 44.3 Å². The van der Waals surface area contributed by atoms with Gasteiger partial charge < -0.3 is 19.2 Å². The predicted octanol–water partition coefficient (Wildman–Crippen LogP) is 2.73. The molecule has 3 rings (SSSR count). The highest BCUT2D eigenvalue weighted by Gasteiger charge is 2.14. The molecular weight excluding hydrogens is 344 g/mol. The number of nitrogens with one attached hydrogen (secondary N) is 1. The second-order valence-corrected chi connectivity index (χ2v) is 6.20. The van der Waals surface area contributed by atoms with Gasteiger partial charge in [-0.15, -0.1) is 10.2 Å². The number of hydrogen-bond donors (Lipinski definition) is 1. The van der Waals surface area contributed by atoms with Gasteiger partial charge >= 0.3 is 6.03 Å². The molecule has 2 amide bonds. The lowest BCUT2D eigenvalue weighted by Crippen LogP contribution is -2.37. The first-order chi connectivity index (χ1) is 13.2. The standard InChI is InChI=1S/C19H24N6O2/c1-3-16-20-11-13-25(16)12-7-10-21-19(26)24(2)14-17-22-23-18(27-17)15-8-5-4-6-9-15/h4-6,8-9,11,13H,3,7,10,12,14H2,1-2H3,(H,21,26). The number of carbonyl (C=O) groups is 1. The molecule has 0 unspecified atom stereocenters. The van der Waals surface area contributed by atoms with Gasteiger partial charge in [-0.1, -0.05) is 25.1 Å². The van der Waals surface area contributed by atoms with Crippen LogP contribution in [-0.2, 0) is 19.5 Å². The Morgan fingerprint density at radius 2 is 2.07 bits per heavy atom. The lowest BCUT2D eigenvalue weighted by atomic mass is 10.2. The molecule has 0 fully saturated rings. The van der Waals surface area contributed by atoms with Crippen LogP contribution in [0.15, 0.2) is 47.1 Å². The first-order valence-electron chi connectivity index (χ1n) is 9.04. The molecule has 0 saturated carbocycles. The molecule has 8 nitrogen and oxygen atoms in total. The molecule has 142 valence electrons. The minimum Gasteiger partial charge on any atom is -0.419 e. The molecule has 1 aromatic carbocycles. The van der Waals surface area contributed by atoms with Crippen LogP contribution in [0.25, 0.3) is 11.5 Å². The number of aromatic nitrogens is 4. The van der Waals surface area contributed by atoms with Crippen LogP contribution >= 0.6 is 0 Å². The molecule has 0 bridgehead atoms. The Labute approximate surface area is 158 Å². The maximum atomic E-state index is 12.2. The summed E-state index contributed by atoms with van der Waals surface area (Å²) in [6.07, 6.45) is 5.50. The van der Waals surface area contributed by atoms with Crippen molar-refractivity contribution in [2.45, 2.75) is 32.9 Å². The van der Waals surface area contributed by atoms with Gasteiger partial charge in [-0.2, -0.15) is 0 Å². The number of carbonyl (C=O) groups excluding carboxylic acids is 1. The van der Waals surface area contributed by atoms with E-state index in [9.17, 15) is 4.79 Å². The van der Waals surface area contributed by atoms with E-state index in [0.29, 0.717) is 18.3 Å². The van der Waals surface area contributed by atoms with Crippen molar-refractivity contribution in [3.05, 3.63) is 54.4 Å². The van der Waals surface area contributed by atoms with E-state index in [1.165, 1.54) is 4.90 Å². The van der Waals surface area contributed by atoms with E-state index in [1.54, 1.807) is 13.2 Å². The maximum Gasteiger partial charge on any atom is 0.317 e. The van der Waals surface area contributed by atoms with Crippen molar-refractivity contribution < 1.29 is 9.21 Å². The van der Waals surface area contributed by atoms with Gasteiger partial charge in [0.2, 0.25) is 11.8 Å². The molecule has 1 N–H and O–H groups in total. The Bertz CT molecular complexity index is 858. The van der Waals surface area contributed by atoms with E-state index >= 15 is 0 Å². The zero-order valence-corrected chi connectivity index (χ0v) is 15.6. The Morgan fingerprint density at radius 1 is 1.26 bits per heavy atom. The van der Waals surface area contributed by atoms with E-state index in [-0.39, 0.29) is 12.6 Å². The summed E-state index contributed by atoms with van der Waals surface area (Å²) < 4.78 is 7.75. The molecule has 0 spiro atoms. The van der Waals surface area contributed by atoms with Gasteiger partial charge in [0, 0.05) is 44.5 Å². The number of amides is 2. The third kappa shape index (κ3) is 4.93. The fraction of sp³-hybridized carbons (Fsp3) is 0.368.